The molecule has 4 aromatic rings. The van der Waals surface area contributed by atoms with Gasteiger partial charge in [-0.25, -0.2) is 9.59 Å². The Kier molecular flexibility index (Phi) is 40.4. The van der Waals surface area contributed by atoms with E-state index in [1.807, 2.05) is 111 Å². The molecule has 1 heterocycles. The van der Waals surface area contributed by atoms with Crippen molar-refractivity contribution in [3.63, 3.8) is 0 Å². The van der Waals surface area contributed by atoms with Crippen LogP contribution < -0.4 is 40.2 Å². The molecule has 32 heteroatoms. The van der Waals surface area contributed by atoms with Crippen molar-refractivity contribution in [2.45, 2.75) is 301 Å². The first-order valence-corrected chi connectivity index (χ1v) is 49.2. The van der Waals surface area contributed by atoms with Crippen molar-refractivity contribution in [3.8, 4) is 23.0 Å². The molecule has 0 amide bonds. The van der Waals surface area contributed by atoms with Crippen molar-refractivity contribution in [1.29, 1.82) is 0 Å². The average Bonchev–Trinajstić information content (AvgIpc) is 0.756. The van der Waals surface area contributed by atoms with Crippen LogP contribution in [0.25, 0.3) is 0 Å². The third-order valence-electron chi connectivity index (χ3n) is 18.2. The van der Waals surface area contributed by atoms with Crippen molar-refractivity contribution < 1.29 is 93.2 Å². The number of ether oxygens (including phenoxy) is 4. The normalized spacial score (nSPS) is 13.8. The summed E-state index contributed by atoms with van der Waals surface area (Å²) in [6.07, 6.45) is 2.12. The van der Waals surface area contributed by atoms with Crippen LogP contribution in [0.1, 0.15) is 242 Å². The fraction of sp³-hybridized carbons (Fsp3) is 0.683. The first-order valence-electron chi connectivity index (χ1n) is 39.8. The van der Waals surface area contributed by atoms with E-state index in [2.05, 4.69) is 153 Å². The van der Waals surface area contributed by atoms with Gasteiger partial charge in [0.15, 0.2) is 0 Å². The molecule has 650 valence electrons. The fourth-order valence-corrected chi connectivity index (χ4v) is 23.0. The summed E-state index contributed by atoms with van der Waals surface area (Å²) >= 11 is 6.43. The van der Waals surface area contributed by atoms with Gasteiger partial charge in [-0.3, -0.25) is 18.3 Å². The number of carboxylic acids is 2. The Morgan fingerprint density at radius 2 is 0.430 bits per heavy atom. The van der Waals surface area contributed by atoms with Gasteiger partial charge in [-0.05, 0) is 255 Å². The van der Waals surface area contributed by atoms with Crippen LogP contribution in [0.5, 0.6) is 23.0 Å². The van der Waals surface area contributed by atoms with Crippen LogP contribution in [0.15, 0.2) is 87.7 Å². The lowest BCUT2D eigenvalue weighted by Gasteiger charge is -2.33. The minimum atomic E-state index is -3.57. The Morgan fingerprint density at radius 3 is 0.544 bits per heavy atom. The zero-order valence-electron chi connectivity index (χ0n) is 73.4. The lowest BCUT2D eigenvalue weighted by Crippen LogP contribution is -2.41. The van der Waals surface area contributed by atoms with Crippen molar-refractivity contribution in [2.75, 3.05) is 105 Å². The Hall–Kier alpha value is -3.14. The van der Waals surface area contributed by atoms with Gasteiger partial charge < -0.3 is 86.6 Å². The summed E-state index contributed by atoms with van der Waals surface area (Å²) in [7, 11) is -14.3. The number of hydrogen-bond donors (Lipinski definition) is 6. The first-order chi connectivity index (χ1) is 52.8. The largest absolute Gasteiger partial charge is 0.491 e. The Morgan fingerprint density at radius 1 is 0.289 bits per heavy atom. The molecular formula is C82H138N4O20P4S4. The van der Waals surface area contributed by atoms with Gasteiger partial charge in [0, 0.05) is 0 Å². The smallest absolute Gasteiger partial charge is 0.414 e. The maximum Gasteiger partial charge on any atom is 0.414 e. The van der Waals surface area contributed by atoms with E-state index in [1.165, 1.54) is 0 Å². The van der Waals surface area contributed by atoms with E-state index in [0.29, 0.717) is 74.9 Å². The molecule has 5 rings (SSSR count). The molecule has 0 unspecified atom stereocenters. The molecule has 114 heavy (non-hydrogen) atoms. The highest BCUT2D eigenvalue weighted by Gasteiger charge is 2.47. The van der Waals surface area contributed by atoms with E-state index in [-0.39, 0.29) is 101 Å². The molecule has 0 spiro atoms. The summed E-state index contributed by atoms with van der Waals surface area (Å²) in [6, 6.07) is 18.1. The molecule has 0 aromatic heterocycles. The van der Waals surface area contributed by atoms with E-state index >= 15 is 0 Å². The van der Waals surface area contributed by atoms with Gasteiger partial charge in [-0.15, -0.1) is 0 Å². The topological polar surface area (TPSA) is 302 Å². The summed E-state index contributed by atoms with van der Waals surface area (Å²) in [5.74, 6) is -0.954. The number of carboxylic acid groups (broad SMARTS) is 2. The van der Waals surface area contributed by atoms with Crippen molar-refractivity contribution >= 4 is 89.4 Å². The number of hydrogen-bond acceptors (Lipinski definition) is 26. The maximum absolute atomic E-state index is 14.3. The number of fused-ring (bicyclic) bond motifs is 8. The Labute approximate surface area is 700 Å². The molecule has 0 atom stereocenters. The van der Waals surface area contributed by atoms with Gasteiger partial charge in [-0.2, -0.15) is 0 Å². The summed E-state index contributed by atoms with van der Waals surface area (Å²) in [5.41, 5.74) is 2.90. The Bertz CT molecular complexity index is 3360. The molecular weight excluding hydrogens is 1610 g/mol. The van der Waals surface area contributed by atoms with E-state index in [4.69, 9.17) is 74.9 Å². The van der Waals surface area contributed by atoms with E-state index in [9.17, 15) is 18.3 Å². The quantitative estimate of drug-likeness (QED) is 0.0120. The zero-order valence-corrected chi connectivity index (χ0v) is 80.3. The molecule has 0 fully saturated rings. The van der Waals surface area contributed by atoms with Gasteiger partial charge in [0.05, 0.1) is 118 Å². The number of rotatable bonds is 44. The number of carbonyl (C=O) groups is 2. The first kappa shape index (κ1) is 103. The molecule has 0 radical (unpaired) electrons. The van der Waals surface area contributed by atoms with Crippen LogP contribution in [0, 0.1) is 0 Å². The minimum absolute atomic E-state index is 0.234. The molecule has 1 aliphatic heterocycles. The molecule has 8 bridgehead atoms. The van der Waals surface area contributed by atoms with Crippen LogP contribution in [0.4, 0.5) is 0 Å². The highest BCUT2D eigenvalue weighted by molar-refractivity contribution is 8.01. The monoisotopic (exact) mass is 1750 g/mol. The van der Waals surface area contributed by atoms with Crippen molar-refractivity contribution in [1.82, 2.24) is 21.3 Å². The van der Waals surface area contributed by atoms with Crippen LogP contribution in [-0.4, -0.2) is 149 Å². The average molecular weight is 1750 g/mol. The van der Waals surface area contributed by atoms with Crippen molar-refractivity contribution in [2.24, 2.45) is 0 Å². The summed E-state index contributed by atoms with van der Waals surface area (Å²) in [6.45, 7) is 60.9. The van der Waals surface area contributed by atoms with E-state index in [1.54, 1.807) is 47.0 Å². The highest BCUT2D eigenvalue weighted by Crippen LogP contribution is 2.63. The second-order valence-corrected chi connectivity index (χ2v) is 48.2. The lowest BCUT2D eigenvalue weighted by atomic mass is 9.87. The maximum atomic E-state index is 14.3. The minimum Gasteiger partial charge on any atom is -0.491 e. The molecule has 0 saturated carbocycles. The number of nitrogens with one attached hydrogen (secondary N) is 4. The third kappa shape index (κ3) is 29.0. The van der Waals surface area contributed by atoms with Gasteiger partial charge >= 0.3 is 42.3 Å². The summed E-state index contributed by atoms with van der Waals surface area (Å²) < 4.78 is 133. The standard InChI is InChI=1S/C80H136N4O16P4S4.C2H2O4/c1-29-93-101(85,94-30-2)77(21,22)81-41-37-45-89-69-61-49-57(73(9,10)11)50-62(69)106-64-52-59(75(15,16)17)54-66(71(64)91-47-39-43-83-79(25,26)103(87,97-33-5)98-34-6)108-68-56-60(76(18,19)20)55-67(72(68)92-48-40-44-84-80(27,28)104(88,99-35-7)100-36-8)107-65-53-58(74(12,13)14)51-63(105-61)70(65)90-46-38-42-82-78(23,24)102(86,95-31-3)96-32-4;3-1(4)2(5)6/h49-56,81-84H,29-48H2,1-28H3;(H,3,4)(H,5,6). The van der Waals surface area contributed by atoms with Crippen LogP contribution in [-0.2, 0) is 85.7 Å². The van der Waals surface area contributed by atoms with Crippen molar-refractivity contribution in [3.05, 3.63) is 70.8 Å². The number of aliphatic carboxylic acids is 2. The Balaban J connectivity index is 0.00000438. The molecule has 1 aliphatic rings. The molecule has 0 saturated heterocycles. The zero-order chi connectivity index (χ0) is 86.3. The van der Waals surface area contributed by atoms with Gasteiger partial charge in [-0.1, -0.05) is 130 Å². The third-order valence-corrected chi connectivity index (χ3v) is 33.3. The van der Waals surface area contributed by atoms with Crippen LogP contribution in [0.2, 0.25) is 0 Å². The SMILES string of the molecule is CCOP(=O)(OCC)C(C)(C)NCCCOc1c2cc(C(C)(C)C)cc1Sc1cc(C(C)(C)C)cc(c1OCCCNC(C)(C)P(=O)(OCC)OCC)Sc1cc(C(C)(C)C)cc(c1OCCCNC(C)(C)P(=O)(OCC)OCC)Sc1cc(C(C)(C)C)cc(c1OCCCNC(C)(C)P(=O)(OCC)OCC)S2.O=C(O)C(=O)O. The van der Waals surface area contributed by atoms with E-state index < -0.39 is 63.4 Å². The molecule has 4 aromatic carbocycles. The molecule has 6 N–H and O–H groups in total. The van der Waals surface area contributed by atoms with Gasteiger partial charge in [0.2, 0.25) is 0 Å². The van der Waals surface area contributed by atoms with Gasteiger partial charge in [0.25, 0.3) is 0 Å². The predicted octanol–water partition coefficient (Wildman–Crippen LogP) is 22.4. The second kappa shape index (κ2) is 44.6. The van der Waals surface area contributed by atoms with E-state index in [0.717, 1.165) is 61.4 Å². The van der Waals surface area contributed by atoms with Gasteiger partial charge in [0.1, 0.15) is 44.1 Å². The van der Waals surface area contributed by atoms with Crippen LogP contribution in [0.3, 0.4) is 0 Å². The number of benzene rings is 4. The predicted molar refractivity (Wildman–Crippen MR) is 465 cm³/mol. The highest BCUT2D eigenvalue weighted by atomic mass is 32.2. The molecule has 0 aliphatic carbocycles. The molecule has 24 nitrogen and oxygen atoms in total. The van der Waals surface area contributed by atoms with Crippen LogP contribution >= 0.6 is 77.4 Å². The summed E-state index contributed by atoms with van der Waals surface area (Å²) in [5, 5.41) is 24.8. The summed E-state index contributed by atoms with van der Waals surface area (Å²) in [4.78, 5) is 25.1. The lowest BCUT2D eigenvalue weighted by molar-refractivity contribution is -0.159. The fourth-order valence-electron chi connectivity index (χ4n) is 11.4. The second-order valence-electron chi connectivity index (χ2n) is 33.3.